The molecule has 0 spiro atoms. The van der Waals surface area contributed by atoms with Crippen molar-refractivity contribution in [3.8, 4) is 5.75 Å². The summed E-state index contributed by atoms with van der Waals surface area (Å²) in [4.78, 5) is 12.2. The molecule has 0 amide bonds. The lowest BCUT2D eigenvalue weighted by molar-refractivity contribution is -0.415. The highest BCUT2D eigenvalue weighted by atomic mass is 19.4. The first-order valence-corrected chi connectivity index (χ1v) is 11.9. The second-order valence-electron chi connectivity index (χ2n) is 9.68. The first-order valence-electron chi connectivity index (χ1n) is 11.9. The second kappa shape index (κ2) is 11.5. The number of hydrogen-bond donors (Lipinski definition) is 0. The van der Waals surface area contributed by atoms with E-state index in [0.29, 0.717) is 30.9 Å². The van der Waals surface area contributed by atoms with Gasteiger partial charge in [-0.25, -0.2) is 0 Å². The molecule has 0 radical (unpaired) electrons. The maximum atomic E-state index is 14.1. The fraction of sp³-hybridized carbons (Fsp3) is 0.720. The van der Waals surface area contributed by atoms with Gasteiger partial charge in [0.25, 0.3) is 5.60 Å². The van der Waals surface area contributed by atoms with Crippen LogP contribution >= 0.6 is 0 Å². The van der Waals surface area contributed by atoms with Crippen molar-refractivity contribution in [1.29, 1.82) is 0 Å². The van der Waals surface area contributed by atoms with E-state index in [1.54, 1.807) is 20.8 Å². The molecule has 1 aliphatic rings. The molecule has 0 N–H and O–H groups in total. The van der Waals surface area contributed by atoms with Crippen LogP contribution in [0, 0.1) is 11.3 Å². The van der Waals surface area contributed by atoms with Gasteiger partial charge in [-0.1, -0.05) is 51.2 Å². The smallest absolute Gasteiger partial charge is 0.426 e. The molecule has 10 heteroatoms. The van der Waals surface area contributed by atoms with Crippen LogP contribution < -0.4 is 4.74 Å². The summed E-state index contributed by atoms with van der Waals surface area (Å²) in [5.41, 5.74) is -6.67. The van der Waals surface area contributed by atoms with Gasteiger partial charge in [-0.05, 0) is 51.7 Å². The number of halogens is 6. The molecule has 0 heterocycles. The van der Waals surface area contributed by atoms with Gasteiger partial charge in [-0.15, -0.1) is 0 Å². The molecule has 200 valence electrons. The van der Waals surface area contributed by atoms with Crippen LogP contribution in [0.1, 0.15) is 78.2 Å². The van der Waals surface area contributed by atoms with Gasteiger partial charge in [0.05, 0.1) is 5.41 Å². The number of carbonyl (C=O) groups excluding carboxylic acids is 1. The highest BCUT2D eigenvalue weighted by Crippen LogP contribution is 2.53. The second-order valence-corrected chi connectivity index (χ2v) is 9.68. The molecule has 1 fully saturated rings. The van der Waals surface area contributed by atoms with E-state index in [4.69, 9.17) is 9.47 Å². The van der Waals surface area contributed by atoms with Crippen LogP contribution in [-0.4, -0.2) is 31.2 Å². The average Bonchev–Trinajstić information content (AvgIpc) is 2.77. The summed E-state index contributed by atoms with van der Waals surface area (Å²) in [5.74, 6) is -0.476. The predicted octanol–water partition coefficient (Wildman–Crippen LogP) is 7.70. The Hall–Kier alpha value is -1.81. The molecule has 1 aromatic carbocycles. The maximum Gasteiger partial charge on any atom is 0.430 e. The molecule has 1 saturated carbocycles. The molecule has 0 aliphatic heterocycles. The van der Waals surface area contributed by atoms with Crippen molar-refractivity contribution < 1.29 is 45.3 Å². The van der Waals surface area contributed by atoms with Crippen LogP contribution in [0.15, 0.2) is 24.3 Å². The Morgan fingerprint density at radius 1 is 0.971 bits per heavy atom. The van der Waals surface area contributed by atoms with E-state index < -0.39 is 41.2 Å². The summed E-state index contributed by atoms with van der Waals surface area (Å²) >= 11 is 0. The average molecular weight is 513 g/mol. The van der Waals surface area contributed by atoms with E-state index in [-0.39, 0.29) is 12.4 Å². The maximum absolute atomic E-state index is 14.1. The third-order valence-electron chi connectivity index (χ3n) is 6.65. The number of rotatable bonds is 10. The van der Waals surface area contributed by atoms with Gasteiger partial charge in [0.1, 0.15) is 5.75 Å². The van der Waals surface area contributed by atoms with Crippen LogP contribution in [0.25, 0.3) is 0 Å². The molecule has 0 unspecified atom stereocenters. The monoisotopic (exact) mass is 512 g/mol. The number of alkyl halides is 6. The van der Waals surface area contributed by atoms with Crippen LogP contribution in [-0.2, 0) is 19.9 Å². The van der Waals surface area contributed by atoms with Gasteiger partial charge in [-0.3, -0.25) is 4.79 Å². The van der Waals surface area contributed by atoms with Gasteiger partial charge in [0.2, 0.25) is 0 Å². The minimum Gasteiger partial charge on any atom is -0.426 e. The molecule has 0 saturated heterocycles. The number of hydrogen-bond acceptors (Lipinski definition) is 4. The van der Waals surface area contributed by atoms with E-state index in [9.17, 15) is 31.1 Å². The van der Waals surface area contributed by atoms with Crippen LogP contribution in [0.2, 0.25) is 0 Å². The Labute approximate surface area is 202 Å². The van der Waals surface area contributed by atoms with Crippen molar-refractivity contribution in [3.63, 3.8) is 0 Å². The lowest BCUT2D eigenvalue weighted by Crippen LogP contribution is -2.57. The number of ether oxygens (including phenoxy) is 3. The van der Waals surface area contributed by atoms with Gasteiger partial charge in [0.15, 0.2) is 6.29 Å². The zero-order chi connectivity index (χ0) is 26.5. The van der Waals surface area contributed by atoms with Crippen molar-refractivity contribution in [2.24, 2.45) is 11.3 Å². The van der Waals surface area contributed by atoms with Gasteiger partial charge >= 0.3 is 18.3 Å². The summed E-state index contributed by atoms with van der Waals surface area (Å²) in [6.45, 7) is 6.01. The van der Waals surface area contributed by atoms with Crippen LogP contribution in [0.4, 0.5) is 26.3 Å². The molecule has 4 nitrogen and oxygen atoms in total. The molecule has 1 atom stereocenters. The third-order valence-corrected chi connectivity index (χ3v) is 6.65. The van der Waals surface area contributed by atoms with Gasteiger partial charge in [0, 0.05) is 12.2 Å². The Balaban J connectivity index is 2.24. The van der Waals surface area contributed by atoms with Gasteiger partial charge < -0.3 is 14.2 Å². The highest BCUT2D eigenvalue weighted by Gasteiger charge is 2.74. The quantitative estimate of drug-likeness (QED) is 0.139. The normalized spacial score (nSPS) is 17.3. The van der Waals surface area contributed by atoms with Gasteiger partial charge in [-0.2, -0.15) is 26.3 Å². The summed E-state index contributed by atoms with van der Waals surface area (Å²) in [5, 5.41) is 0. The third kappa shape index (κ3) is 7.12. The molecule has 0 bridgehead atoms. The predicted molar refractivity (Wildman–Crippen MR) is 118 cm³/mol. The zero-order valence-corrected chi connectivity index (χ0v) is 20.5. The Bertz CT molecular complexity index is 797. The SMILES string of the molecule is CCC(C)(C)C(=O)Oc1ccc(C(O[C@H](C)OCCC2CCCCC2)(C(F)(F)F)C(F)(F)F)cc1. The number of carbonyl (C=O) groups is 1. The van der Waals surface area contributed by atoms with Crippen molar-refractivity contribution >= 4 is 5.97 Å². The molecule has 1 aromatic rings. The summed E-state index contributed by atoms with van der Waals surface area (Å²) in [6.07, 6.45) is -7.28. The fourth-order valence-electron chi connectivity index (χ4n) is 4.00. The lowest BCUT2D eigenvalue weighted by Gasteiger charge is -2.39. The van der Waals surface area contributed by atoms with E-state index in [1.165, 1.54) is 0 Å². The van der Waals surface area contributed by atoms with Crippen molar-refractivity contribution in [1.82, 2.24) is 0 Å². The molecule has 35 heavy (non-hydrogen) atoms. The summed E-state index contributed by atoms with van der Waals surface area (Å²) in [6, 6.07) is 3.00. The molecular weight excluding hydrogens is 478 g/mol. The van der Waals surface area contributed by atoms with Crippen molar-refractivity contribution in [2.75, 3.05) is 6.61 Å². The number of benzene rings is 1. The van der Waals surface area contributed by atoms with Crippen LogP contribution in [0.3, 0.4) is 0 Å². The minimum absolute atomic E-state index is 0.000267. The topological polar surface area (TPSA) is 44.8 Å². The molecule has 1 aliphatic carbocycles. The largest absolute Gasteiger partial charge is 0.430 e. The van der Waals surface area contributed by atoms with Crippen molar-refractivity contribution in [2.45, 2.75) is 96.9 Å². The first kappa shape index (κ1) is 29.4. The Kier molecular flexibility index (Phi) is 9.66. The lowest BCUT2D eigenvalue weighted by atomic mass is 9.87. The van der Waals surface area contributed by atoms with E-state index >= 15 is 0 Å². The first-order chi connectivity index (χ1) is 16.1. The summed E-state index contributed by atoms with van der Waals surface area (Å²) in [7, 11) is 0. The minimum atomic E-state index is -5.84. The van der Waals surface area contributed by atoms with E-state index in [2.05, 4.69) is 4.74 Å². The standard InChI is InChI=1S/C25H34F6O4/c1-5-22(3,4)21(32)34-20-13-11-19(12-14-20)23(24(26,27)28,25(29,30)31)35-17(2)33-16-15-18-9-7-6-8-10-18/h11-14,17-18H,5-10,15-16H2,1-4H3/t17-/m1/s1. The molecule has 2 rings (SSSR count). The van der Waals surface area contributed by atoms with E-state index in [0.717, 1.165) is 51.2 Å². The Morgan fingerprint density at radius 2 is 1.51 bits per heavy atom. The van der Waals surface area contributed by atoms with Crippen molar-refractivity contribution in [3.05, 3.63) is 29.8 Å². The number of esters is 1. The summed E-state index contributed by atoms with van der Waals surface area (Å²) < 4.78 is 99.4. The highest BCUT2D eigenvalue weighted by molar-refractivity contribution is 5.78. The fourth-order valence-corrected chi connectivity index (χ4v) is 4.00. The molecule has 0 aromatic heterocycles. The van der Waals surface area contributed by atoms with E-state index in [1.807, 2.05) is 0 Å². The Morgan fingerprint density at radius 3 is 2.00 bits per heavy atom. The zero-order valence-electron chi connectivity index (χ0n) is 20.5. The molecular formula is C25H34F6O4. The van der Waals surface area contributed by atoms with Crippen LogP contribution in [0.5, 0.6) is 5.75 Å².